The summed E-state index contributed by atoms with van der Waals surface area (Å²) >= 11 is 0. The molecule has 0 aliphatic carbocycles. The minimum absolute atomic E-state index is 1.17. The second kappa shape index (κ2) is 5.49. The zero-order valence-electron chi connectivity index (χ0n) is 12.7. The van der Waals surface area contributed by atoms with Gasteiger partial charge in [0.1, 0.15) is 0 Å². The molecular weight excluding hydrogens is 256 g/mol. The van der Waals surface area contributed by atoms with Crippen molar-refractivity contribution in [1.29, 1.82) is 0 Å². The predicted octanol–water partition coefficient (Wildman–Crippen LogP) is 4.96. The van der Waals surface area contributed by atoms with Gasteiger partial charge in [-0.05, 0) is 36.1 Å². The van der Waals surface area contributed by atoms with E-state index in [0.717, 1.165) is 0 Å². The Bertz CT molecular complexity index is 772. The van der Waals surface area contributed by atoms with Crippen molar-refractivity contribution in [3.05, 3.63) is 66.2 Å². The molecule has 2 nitrogen and oxygen atoms in total. The molecule has 0 radical (unpaired) electrons. The van der Waals surface area contributed by atoms with Gasteiger partial charge in [0, 0.05) is 36.5 Å². The number of nitrogens with zero attached hydrogens (tertiary/aromatic N) is 1. The van der Waals surface area contributed by atoms with E-state index in [1.807, 2.05) is 7.05 Å². The van der Waals surface area contributed by atoms with E-state index in [4.69, 9.17) is 0 Å². The lowest BCUT2D eigenvalue weighted by atomic mass is 10.1. The molecular formula is C19H20N2. The van der Waals surface area contributed by atoms with Crippen LogP contribution in [-0.2, 0) is 0 Å². The van der Waals surface area contributed by atoms with E-state index in [1.165, 1.54) is 33.4 Å². The van der Waals surface area contributed by atoms with Crippen molar-refractivity contribution in [3.63, 3.8) is 0 Å². The lowest BCUT2D eigenvalue weighted by molar-refractivity contribution is 1.21. The van der Waals surface area contributed by atoms with Gasteiger partial charge in [-0.25, -0.2) is 0 Å². The molecule has 0 aliphatic rings. The van der Waals surface area contributed by atoms with Crippen LogP contribution in [0.1, 0.15) is 5.56 Å². The molecule has 1 N–H and O–H groups in total. The minimum atomic E-state index is 1.17. The summed E-state index contributed by atoms with van der Waals surface area (Å²) in [6.45, 7) is 2.12. The molecule has 3 aromatic carbocycles. The van der Waals surface area contributed by atoms with Crippen LogP contribution in [0.25, 0.3) is 10.8 Å². The van der Waals surface area contributed by atoms with E-state index >= 15 is 0 Å². The van der Waals surface area contributed by atoms with Crippen molar-refractivity contribution in [2.75, 3.05) is 24.3 Å². The number of aryl methyl sites for hydroxylation is 1. The van der Waals surface area contributed by atoms with Crippen molar-refractivity contribution in [1.82, 2.24) is 0 Å². The van der Waals surface area contributed by atoms with Crippen molar-refractivity contribution in [2.45, 2.75) is 6.92 Å². The molecule has 0 spiro atoms. The fourth-order valence-electron chi connectivity index (χ4n) is 2.73. The molecule has 0 atom stereocenters. The molecule has 106 valence electrons. The minimum Gasteiger partial charge on any atom is -0.388 e. The van der Waals surface area contributed by atoms with Gasteiger partial charge in [0.15, 0.2) is 0 Å². The number of fused-ring (bicyclic) bond motifs is 1. The number of anilines is 3. The van der Waals surface area contributed by atoms with Crippen LogP contribution in [-0.4, -0.2) is 14.1 Å². The molecule has 0 fully saturated rings. The normalized spacial score (nSPS) is 10.6. The second-order valence-corrected chi connectivity index (χ2v) is 5.31. The Morgan fingerprint density at radius 2 is 1.67 bits per heavy atom. The van der Waals surface area contributed by atoms with Gasteiger partial charge in [-0.15, -0.1) is 0 Å². The largest absolute Gasteiger partial charge is 0.388 e. The molecule has 3 aromatic rings. The maximum Gasteiger partial charge on any atom is 0.0487 e. The predicted molar refractivity (Wildman–Crippen MR) is 92.7 cm³/mol. The lowest BCUT2D eigenvalue weighted by Gasteiger charge is -2.22. The van der Waals surface area contributed by atoms with Crippen LogP contribution in [0.3, 0.4) is 0 Å². The first-order valence-electron chi connectivity index (χ1n) is 7.20. The third kappa shape index (κ3) is 2.45. The second-order valence-electron chi connectivity index (χ2n) is 5.31. The first-order valence-corrected chi connectivity index (χ1v) is 7.20. The molecule has 0 unspecified atom stereocenters. The number of benzene rings is 3. The molecule has 0 heterocycles. The highest BCUT2D eigenvalue weighted by atomic mass is 15.1. The van der Waals surface area contributed by atoms with E-state index in [1.54, 1.807) is 0 Å². The van der Waals surface area contributed by atoms with E-state index in [2.05, 4.69) is 84.9 Å². The van der Waals surface area contributed by atoms with Gasteiger partial charge in [-0.2, -0.15) is 0 Å². The highest BCUT2D eigenvalue weighted by molar-refractivity contribution is 5.96. The van der Waals surface area contributed by atoms with Crippen LogP contribution in [0.5, 0.6) is 0 Å². The molecule has 21 heavy (non-hydrogen) atoms. The van der Waals surface area contributed by atoms with Gasteiger partial charge in [-0.3, -0.25) is 0 Å². The first kappa shape index (κ1) is 13.5. The summed E-state index contributed by atoms with van der Waals surface area (Å²) < 4.78 is 0. The third-order valence-electron chi connectivity index (χ3n) is 4.01. The summed E-state index contributed by atoms with van der Waals surface area (Å²) in [5.41, 5.74) is 4.83. The highest BCUT2D eigenvalue weighted by Crippen LogP contribution is 2.32. The molecule has 2 heteroatoms. The third-order valence-corrected chi connectivity index (χ3v) is 4.01. The summed E-state index contributed by atoms with van der Waals surface area (Å²) in [4.78, 5) is 2.24. The summed E-state index contributed by atoms with van der Waals surface area (Å²) in [6.07, 6.45) is 0. The monoisotopic (exact) mass is 276 g/mol. The number of nitrogens with one attached hydrogen (secondary N) is 1. The first-order chi connectivity index (χ1) is 10.2. The fourth-order valence-corrected chi connectivity index (χ4v) is 2.73. The standard InChI is InChI=1S/C19H20N2/c1-14-11-12-16(13-18(14)20-2)21(3)19-10-6-8-15-7-4-5-9-17(15)19/h4-13,20H,1-3H3. The van der Waals surface area contributed by atoms with Crippen LogP contribution in [0.4, 0.5) is 17.1 Å². The number of hydrogen-bond acceptors (Lipinski definition) is 2. The number of rotatable bonds is 3. The average Bonchev–Trinajstić information content (AvgIpc) is 2.54. The molecule has 0 amide bonds. The molecule has 0 saturated carbocycles. The van der Waals surface area contributed by atoms with Gasteiger partial charge in [0.05, 0.1) is 0 Å². The van der Waals surface area contributed by atoms with Gasteiger partial charge >= 0.3 is 0 Å². The Morgan fingerprint density at radius 3 is 2.48 bits per heavy atom. The lowest BCUT2D eigenvalue weighted by Crippen LogP contribution is -2.10. The maximum atomic E-state index is 3.25. The van der Waals surface area contributed by atoms with Crippen molar-refractivity contribution < 1.29 is 0 Å². The Balaban J connectivity index is 2.10. The van der Waals surface area contributed by atoms with E-state index in [9.17, 15) is 0 Å². The van der Waals surface area contributed by atoms with E-state index < -0.39 is 0 Å². The van der Waals surface area contributed by atoms with Gasteiger partial charge in [0.2, 0.25) is 0 Å². The van der Waals surface area contributed by atoms with Gasteiger partial charge in [0.25, 0.3) is 0 Å². The maximum absolute atomic E-state index is 3.25. The van der Waals surface area contributed by atoms with Crippen LogP contribution >= 0.6 is 0 Å². The fraction of sp³-hybridized carbons (Fsp3) is 0.158. The topological polar surface area (TPSA) is 15.3 Å². The number of hydrogen-bond donors (Lipinski definition) is 1. The molecule has 3 rings (SSSR count). The summed E-state index contributed by atoms with van der Waals surface area (Å²) in [5.74, 6) is 0. The smallest absolute Gasteiger partial charge is 0.0487 e. The van der Waals surface area contributed by atoms with Crippen molar-refractivity contribution in [2.24, 2.45) is 0 Å². The zero-order valence-corrected chi connectivity index (χ0v) is 12.7. The van der Waals surface area contributed by atoms with Crippen molar-refractivity contribution in [3.8, 4) is 0 Å². The Labute approximate surface area is 126 Å². The summed E-state index contributed by atoms with van der Waals surface area (Å²) in [7, 11) is 4.08. The average molecular weight is 276 g/mol. The Hall–Kier alpha value is -2.48. The van der Waals surface area contributed by atoms with Crippen LogP contribution < -0.4 is 10.2 Å². The highest BCUT2D eigenvalue weighted by Gasteiger charge is 2.09. The SMILES string of the molecule is CNc1cc(N(C)c2cccc3ccccc23)ccc1C. The van der Waals surface area contributed by atoms with Gasteiger partial charge in [-0.1, -0.05) is 42.5 Å². The van der Waals surface area contributed by atoms with Gasteiger partial charge < -0.3 is 10.2 Å². The van der Waals surface area contributed by atoms with Crippen molar-refractivity contribution >= 4 is 27.8 Å². The molecule has 0 saturated heterocycles. The summed E-state index contributed by atoms with van der Waals surface area (Å²) in [6, 6.07) is 21.4. The van der Waals surface area contributed by atoms with E-state index in [0.29, 0.717) is 0 Å². The van der Waals surface area contributed by atoms with E-state index in [-0.39, 0.29) is 0 Å². The van der Waals surface area contributed by atoms with Crippen LogP contribution in [0, 0.1) is 6.92 Å². The summed E-state index contributed by atoms with van der Waals surface area (Å²) in [5, 5.41) is 5.79. The molecule has 0 bridgehead atoms. The molecule has 0 aromatic heterocycles. The molecule has 0 aliphatic heterocycles. The Morgan fingerprint density at radius 1 is 0.905 bits per heavy atom. The van der Waals surface area contributed by atoms with Crippen LogP contribution in [0.2, 0.25) is 0 Å². The quantitative estimate of drug-likeness (QED) is 0.727. The zero-order chi connectivity index (χ0) is 14.8. The Kier molecular flexibility index (Phi) is 3.53. The van der Waals surface area contributed by atoms with Crippen LogP contribution in [0.15, 0.2) is 60.7 Å².